The van der Waals surface area contributed by atoms with Crippen molar-refractivity contribution < 1.29 is 14.3 Å². The molecule has 0 saturated carbocycles. The van der Waals surface area contributed by atoms with E-state index in [4.69, 9.17) is 4.74 Å². The quantitative estimate of drug-likeness (QED) is 0.564. The van der Waals surface area contributed by atoms with Gasteiger partial charge in [0, 0.05) is 13.1 Å². The van der Waals surface area contributed by atoms with Crippen molar-refractivity contribution in [1.29, 1.82) is 0 Å². The van der Waals surface area contributed by atoms with Crippen LogP contribution in [0.4, 0.5) is 0 Å². The summed E-state index contributed by atoms with van der Waals surface area (Å²) in [5, 5.41) is 3.86. The summed E-state index contributed by atoms with van der Waals surface area (Å²) in [6.45, 7) is 7.08. The van der Waals surface area contributed by atoms with E-state index in [2.05, 4.69) is 29.1 Å². The van der Waals surface area contributed by atoms with Crippen LogP contribution in [0, 0.1) is 5.92 Å². The number of methoxy groups -OCH3 is 1. The molecule has 1 N–H and O–H groups in total. The molecule has 7 nitrogen and oxygen atoms in total. The number of carbonyl (C=O) groups is 2. The zero-order valence-corrected chi connectivity index (χ0v) is 20.4. The molecule has 1 aliphatic heterocycles. The standard InChI is InChI=1S/C25H30N4O3S/c1-16(2)11-13-26-24(31)25(3)12-10-18-19-21(32-4)27-15-28-22(19)33-20(18)23(30)29(25)14-17-8-6-5-7-9-17/h5-9,15-16H,10-14H2,1-4H3,(H,26,31). The highest BCUT2D eigenvalue weighted by atomic mass is 32.1. The van der Waals surface area contributed by atoms with E-state index in [0.29, 0.717) is 42.6 Å². The number of carbonyl (C=O) groups excluding carboxylic acids is 2. The topological polar surface area (TPSA) is 84.4 Å². The largest absolute Gasteiger partial charge is 0.480 e. The van der Waals surface area contributed by atoms with Crippen molar-refractivity contribution in [3.05, 3.63) is 52.7 Å². The van der Waals surface area contributed by atoms with E-state index in [9.17, 15) is 9.59 Å². The van der Waals surface area contributed by atoms with Gasteiger partial charge in [-0.15, -0.1) is 11.3 Å². The third kappa shape index (κ3) is 4.44. The van der Waals surface area contributed by atoms with Gasteiger partial charge in [-0.3, -0.25) is 9.59 Å². The van der Waals surface area contributed by atoms with Crippen molar-refractivity contribution in [2.45, 2.75) is 52.1 Å². The molecule has 0 radical (unpaired) electrons. The van der Waals surface area contributed by atoms with Gasteiger partial charge in [-0.1, -0.05) is 44.2 Å². The fourth-order valence-corrected chi connectivity index (χ4v) is 5.42. The number of nitrogens with one attached hydrogen (secondary N) is 1. The van der Waals surface area contributed by atoms with Crippen molar-refractivity contribution in [3.63, 3.8) is 0 Å². The Morgan fingerprint density at radius 1 is 1.27 bits per heavy atom. The number of aryl methyl sites for hydroxylation is 1. The van der Waals surface area contributed by atoms with E-state index in [0.717, 1.165) is 27.8 Å². The Balaban J connectivity index is 1.77. The molecule has 1 aliphatic rings. The van der Waals surface area contributed by atoms with Gasteiger partial charge in [0.2, 0.25) is 11.8 Å². The van der Waals surface area contributed by atoms with Crippen molar-refractivity contribution in [1.82, 2.24) is 20.2 Å². The van der Waals surface area contributed by atoms with E-state index >= 15 is 0 Å². The predicted octanol–water partition coefficient (Wildman–Crippen LogP) is 4.21. The van der Waals surface area contributed by atoms with Gasteiger partial charge < -0.3 is 15.0 Å². The lowest BCUT2D eigenvalue weighted by molar-refractivity contribution is -0.132. The maximum Gasteiger partial charge on any atom is 0.265 e. The Kier molecular flexibility index (Phi) is 6.65. The van der Waals surface area contributed by atoms with Crippen molar-refractivity contribution in [2.24, 2.45) is 5.92 Å². The fraction of sp³-hybridized carbons (Fsp3) is 0.440. The summed E-state index contributed by atoms with van der Waals surface area (Å²) in [6.07, 6.45) is 3.40. The highest BCUT2D eigenvalue weighted by Gasteiger charge is 2.46. The van der Waals surface area contributed by atoms with E-state index < -0.39 is 5.54 Å². The molecule has 3 heterocycles. The average molecular weight is 467 g/mol. The van der Waals surface area contributed by atoms with Crippen molar-refractivity contribution in [3.8, 4) is 5.88 Å². The van der Waals surface area contributed by atoms with Gasteiger partial charge in [-0.25, -0.2) is 9.97 Å². The molecular weight excluding hydrogens is 436 g/mol. The lowest BCUT2D eigenvalue weighted by Crippen LogP contribution is -2.58. The third-order valence-corrected chi connectivity index (χ3v) is 7.45. The summed E-state index contributed by atoms with van der Waals surface area (Å²) < 4.78 is 5.48. The average Bonchev–Trinajstić information content (AvgIpc) is 3.15. The van der Waals surface area contributed by atoms with Crippen LogP contribution in [-0.4, -0.2) is 45.9 Å². The number of thiophene rings is 1. The summed E-state index contributed by atoms with van der Waals surface area (Å²) in [5.74, 6) is 0.679. The van der Waals surface area contributed by atoms with Crippen LogP contribution < -0.4 is 10.1 Å². The first-order chi connectivity index (χ1) is 15.8. The van der Waals surface area contributed by atoms with Gasteiger partial charge in [-0.05, 0) is 43.2 Å². The molecule has 0 spiro atoms. The first-order valence-corrected chi connectivity index (χ1v) is 12.1. The molecule has 0 bridgehead atoms. The Morgan fingerprint density at radius 3 is 2.73 bits per heavy atom. The van der Waals surface area contributed by atoms with Crippen LogP contribution in [-0.2, 0) is 17.8 Å². The highest BCUT2D eigenvalue weighted by molar-refractivity contribution is 7.20. The number of nitrogens with zero attached hydrogens (tertiary/aromatic N) is 3. The third-order valence-electron chi connectivity index (χ3n) is 6.32. The Morgan fingerprint density at radius 2 is 2.03 bits per heavy atom. The summed E-state index contributed by atoms with van der Waals surface area (Å²) in [7, 11) is 1.57. The van der Waals surface area contributed by atoms with Crippen molar-refractivity contribution in [2.75, 3.05) is 13.7 Å². The number of hydrogen-bond donors (Lipinski definition) is 1. The number of benzene rings is 1. The molecule has 4 rings (SSSR count). The molecule has 3 aromatic rings. The van der Waals surface area contributed by atoms with Crippen molar-refractivity contribution >= 4 is 33.4 Å². The van der Waals surface area contributed by atoms with Crippen LogP contribution in [0.1, 0.15) is 54.4 Å². The first kappa shape index (κ1) is 23.2. The molecule has 174 valence electrons. The first-order valence-electron chi connectivity index (χ1n) is 11.3. The Bertz CT molecular complexity index is 1160. The van der Waals surface area contributed by atoms with Crippen LogP contribution >= 0.6 is 11.3 Å². The second-order valence-electron chi connectivity index (χ2n) is 9.06. The number of aromatic nitrogens is 2. The second-order valence-corrected chi connectivity index (χ2v) is 10.1. The molecule has 0 fully saturated rings. The molecule has 8 heteroatoms. The number of ether oxygens (including phenoxy) is 1. The number of fused-ring (bicyclic) bond motifs is 3. The maximum absolute atomic E-state index is 14.0. The minimum absolute atomic E-state index is 0.116. The van der Waals surface area contributed by atoms with Gasteiger partial charge in [0.05, 0.1) is 17.4 Å². The highest BCUT2D eigenvalue weighted by Crippen LogP contribution is 2.41. The minimum atomic E-state index is -0.988. The zero-order valence-electron chi connectivity index (χ0n) is 19.6. The number of rotatable bonds is 7. The van der Waals surface area contributed by atoms with Gasteiger partial charge >= 0.3 is 0 Å². The van der Waals surface area contributed by atoms with Gasteiger partial charge in [0.1, 0.15) is 16.7 Å². The molecule has 2 aromatic heterocycles. The Labute approximate surface area is 198 Å². The number of amides is 2. The van der Waals surface area contributed by atoms with E-state index in [1.165, 1.54) is 17.7 Å². The monoisotopic (exact) mass is 466 g/mol. The smallest absolute Gasteiger partial charge is 0.265 e. The lowest BCUT2D eigenvalue weighted by Gasteiger charge is -2.39. The number of hydrogen-bond acceptors (Lipinski definition) is 6. The Hall–Kier alpha value is -3.00. The van der Waals surface area contributed by atoms with Crippen LogP contribution in [0.2, 0.25) is 0 Å². The molecule has 1 unspecified atom stereocenters. The molecule has 1 aromatic carbocycles. The van der Waals surface area contributed by atoms with E-state index in [1.54, 1.807) is 12.0 Å². The minimum Gasteiger partial charge on any atom is -0.480 e. The molecule has 33 heavy (non-hydrogen) atoms. The van der Waals surface area contributed by atoms with Crippen LogP contribution in [0.5, 0.6) is 5.88 Å². The summed E-state index contributed by atoms with van der Waals surface area (Å²) in [4.78, 5) is 39.2. The normalized spacial score (nSPS) is 18.3. The molecule has 0 saturated heterocycles. The summed E-state index contributed by atoms with van der Waals surface area (Å²) in [5.41, 5.74) is 0.862. The molecule has 0 aliphatic carbocycles. The van der Waals surface area contributed by atoms with Gasteiger partial charge in [-0.2, -0.15) is 0 Å². The van der Waals surface area contributed by atoms with Crippen LogP contribution in [0.25, 0.3) is 10.2 Å². The zero-order chi connectivity index (χ0) is 23.6. The molecular formula is C25H30N4O3S. The van der Waals surface area contributed by atoms with Gasteiger partial charge in [0.15, 0.2) is 0 Å². The van der Waals surface area contributed by atoms with Crippen LogP contribution in [0.3, 0.4) is 0 Å². The summed E-state index contributed by atoms with van der Waals surface area (Å²) >= 11 is 1.35. The predicted molar refractivity (Wildman–Crippen MR) is 129 cm³/mol. The molecule has 1 atom stereocenters. The second kappa shape index (κ2) is 9.47. The van der Waals surface area contributed by atoms with Gasteiger partial charge in [0.25, 0.3) is 5.91 Å². The SMILES string of the molecule is COc1ncnc2sc3c(c12)CCC(C)(C(=O)NCCC(C)C)N(Cc1ccccc1)C3=O. The fourth-order valence-electron chi connectivity index (χ4n) is 4.29. The lowest BCUT2D eigenvalue weighted by atomic mass is 9.91. The maximum atomic E-state index is 14.0. The van der Waals surface area contributed by atoms with E-state index in [-0.39, 0.29) is 11.8 Å². The van der Waals surface area contributed by atoms with E-state index in [1.807, 2.05) is 37.3 Å². The summed E-state index contributed by atoms with van der Waals surface area (Å²) in [6, 6.07) is 9.80. The van der Waals surface area contributed by atoms with Crippen LogP contribution in [0.15, 0.2) is 36.7 Å². The molecule has 2 amide bonds.